The van der Waals surface area contributed by atoms with E-state index >= 15 is 0 Å². The van der Waals surface area contributed by atoms with Crippen LogP contribution >= 0.6 is 0 Å². The van der Waals surface area contributed by atoms with Crippen LogP contribution in [0, 0.1) is 17.0 Å². The van der Waals surface area contributed by atoms with E-state index in [-0.39, 0.29) is 18.9 Å². The SMILES string of the molecule is CC(C)(CCCC(=O)N1CCc2c(n(Cc3ccc(F)cc3F)c3ncccc23)C1)C(=O)O. The van der Waals surface area contributed by atoms with Crippen LogP contribution in [0.1, 0.15) is 49.9 Å². The van der Waals surface area contributed by atoms with Crippen LogP contribution < -0.4 is 0 Å². The summed E-state index contributed by atoms with van der Waals surface area (Å²) < 4.78 is 29.7. The number of carboxylic acids is 1. The van der Waals surface area contributed by atoms with E-state index in [2.05, 4.69) is 4.98 Å². The smallest absolute Gasteiger partial charge is 0.309 e. The number of rotatable bonds is 7. The first kappa shape index (κ1) is 22.9. The summed E-state index contributed by atoms with van der Waals surface area (Å²) in [5.74, 6) is -2.15. The Balaban J connectivity index is 1.57. The number of aliphatic carboxylic acids is 1. The van der Waals surface area contributed by atoms with Gasteiger partial charge in [-0.3, -0.25) is 9.59 Å². The summed E-state index contributed by atoms with van der Waals surface area (Å²) in [5.41, 5.74) is 2.19. The molecule has 0 radical (unpaired) electrons. The summed E-state index contributed by atoms with van der Waals surface area (Å²) in [6, 6.07) is 7.37. The third-order valence-electron chi connectivity index (χ3n) is 6.48. The number of fused-ring (bicyclic) bond motifs is 3. The highest BCUT2D eigenvalue weighted by Crippen LogP contribution is 2.31. The molecule has 1 aliphatic rings. The maximum atomic E-state index is 14.4. The van der Waals surface area contributed by atoms with Crippen molar-refractivity contribution in [3.63, 3.8) is 0 Å². The lowest BCUT2D eigenvalue weighted by atomic mass is 9.87. The summed E-state index contributed by atoms with van der Waals surface area (Å²) in [4.78, 5) is 30.5. The van der Waals surface area contributed by atoms with Gasteiger partial charge in [0.1, 0.15) is 17.3 Å². The van der Waals surface area contributed by atoms with Gasteiger partial charge in [-0.25, -0.2) is 13.8 Å². The molecule has 0 saturated carbocycles. The summed E-state index contributed by atoms with van der Waals surface area (Å²) in [5, 5.41) is 10.2. The molecule has 6 nitrogen and oxygen atoms in total. The van der Waals surface area contributed by atoms with E-state index in [0.717, 1.165) is 22.7 Å². The van der Waals surface area contributed by atoms with E-state index in [1.807, 2.05) is 16.7 Å². The Kier molecular flexibility index (Phi) is 6.19. The molecular formula is C25H27F2N3O3. The first-order chi connectivity index (χ1) is 15.7. The van der Waals surface area contributed by atoms with Gasteiger partial charge >= 0.3 is 5.97 Å². The number of aromatic nitrogens is 2. The molecule has 0 saturated heterocycles. The maximum absolute atomic E-state index is 14.4. The molecular weight excluding hydrogens is 428 g/mol. The number of carbonyl (C=O) groups excluding carboxylic acids is 1. The van der Waals surface area contributed by atoms with E-state index in [4.69, 9.17) is 0 Å². The third-order valence-corrected chi connectivity index (χ3v) is 6.48. The second kappa shape index (κ2) is 8.92. The Bertz CT molecular complexity index is 1220. The van der Waals surface area contributed by atoms with Crippen molar-refractivity contribution in [3.05, 3.63) is 65.0 Å². The van der Waals surface area contributed by atoms with Crippen LogP contribution in [0.25, 0.3) is 11.0 Å². The monoisotopic (exact) mass is 455 g/mol. The highest BCUT2D eigenvalue weighted by Gasteiger charge is 2.29. The van der Waals surface area contributed by atoms with Crippen molar-refractivity contribution >= 4 is 22.9 Å². The minimum atomic E-state index is -0.873. The molecule has 33 heavy (non-hydrogen) atoms. The standard InChI is InChI=1S/C25H27F2N3O3/c1-25(2,24(32)33)10-3-6-22(31)29-12-9-18-19-5-4-11-28-23(19)30(21(18)15-29)14-16-7-8-17(26)13-20(16)27/h4-5,7-8,11,13H,3,6,9-10,12,14-15H2,1-2H3,(H,32,33). The second-order valence-corrected chi connectivity index (χ2v) is 9.23. The zero-order valence-electron chi connectivity index (χ0n) is 18.8. The molecule has 1 aliphatic heterocycles. The number of carboxylic acid groups (broad SMARTS) is 1. The predicted molar refractivity (Wildman–Crippen MR) is 120 cm³/mol. The molecule has 1 aromatic carbocycles. The average molecular weight is 456 g/mol. The van der Waals surface area contributed by atoms with Gasteiger partial charge in [-0.1, -0.05) is 6.07 Å². The van der Waals surface area contributed by atoms with Crippen LogP contribution in [-0.2, 0) is 29.1 Å². The first-order valence-corrected chi connectivity index (χ1v) is 11.1. The van der Waals surface area contributed by atoms with Gasteiger partial charge in [0.05, 0.1) is 18.5 Å². The molecule has 2 aromatic heterocycles. The molecule has 8 heteroatoms. The van der Waals surface area contributed by atoms with Crippen molar-refractivity contribution in [2.75, 3.05) is 6.54 Å². The topological polar surface area (TPSA) is 75.4 Å². The lowest BCUT2D eigenvalue weighted by molar-refractivity contribution is -0.147. The summed E-state index contributed by atoms with van der Waals surface area (Å²) in [6.07, 6.45) is 3.52. The molecule has 0 bridgehead atoms. The molecule has 0 spiro atoms. The van der Waals surface area contributed by atoms with Crippen molar-refractivity contribution in [2.24, 2.45) is 5.41 Å². The number of hydrogen-bond acceptors (Lipinski definition) is 3. The van der Waals surface area contributed by atoms with Gasteiger partial charge in [0.15, 0.2) is 0 Å². The number of halogens is 2. The Morgan fingerprint density at radius 3 is 2.73 bits per heavy atom. The second-order valence-electron chi connectivity index (χ2n) is 9.23. The zero-order valence-corrected chi connectivity index (χ0v) is 18.8. The Labute approximate surface area is 190 Å². The molecule has 1 amide bonds. The molecule has 0 aliphatic carbocycles. The van der Waals surface area contributed by atoms with Crippen LogP contribution in [-0.4, -0.2) is 38.0 Å². The zero-order chi connectivity index (χ0) is 23.8. The lowest BCUT2D eigenvalue weighted by Crippen LogP contribution is -2.36. The summed E-state index contributed by atoms with van der Waals surface area (Å²) in [6.45, 7) is 4.44. The van der Waals surface area contributed by atoms with Crippen LogP contribution in [0.2, 0.25) is 0 Å². The highest BCUT2D eigenvalue weighted by molar-refractivity contribution is 5.84. The van der Waals surface area contributed by atoms with E-state index in [0.29, 0.717) is 43.6 Å². The van der Waals surface area contributed by atoms with Gasteiger partial charge in [0.25, 0.3) is 0 Å². The average Bonchev–Trinajstić information content (AvgIpc) is 3.08. The number of benzene rings is 1. The molecule has 0 unspecified atom stereocenters. The fourth-order valence-corrected chi connectivity index (χ4v) is 4.41. The molecule has 3 heterocycles. The van der Waals surface area contributed by atoms with Gasteiger partial charge in [-0.05, 0) is 56.9 Å². The molecule has 4 rings (SSSR count). The van der Waals surface area contributed by atoms with Crippen LogP contribution in [0.15, 0.2) is 36.5 Å². The fraction of sp³-hybridized carbons (Fsp3) is 0.400. The van der Waals surface area contributed by atoms with E-state index in [9.17, 15) is 23.5 Å². The molecule has 0 atom stereocenters. The Hall–Kier alpha value is -3.29. The number of nitrogens with zero attached hydrogens (tertiary/aromatic N) is 3. The Morgan fingerprint density at radius 2 is 2.00 bits per heavy atom. The highest BCUT2D eigenvalue weighted by atomic mass is 19.1. The molecule has 0 fully saturated rings. The fourth-order valence-electron chi connectivity index (χ4n) is 4.41. The van der Waals surface area contributed by atoms with Gasteiger partial charge in [0, 0.05) is 41.9 Å². The van der Waals surface area contributed by atoms with Crippen LogP contribution in [0.5, 0.6) is 0 Å². The Morgan fingerprint density at radius 1 is 1.21 bits per heavy atom. The van der Waals surface area contributed by atoms with Crippen LogP contribution in [0.3, 0.4) is 0 Å². The maximum Gasteiger partial charge on any atom is 0.309 e. The van der Waals surface area contributed by atoms with E-state index in [1.54, 1.807) is 24.9 Å². The first-order valence-electron chi connectivity index (χ1n) is 11.1. The van der Waals surface area contributed by atoms with Crippen molar-refractivity contribution in [3.8, 4) is 0 Å². The lowest BCUT2D eigenvalue weighted by Gasteiger charge is -2.29. The quantitative estimate of drug-likeness (QED) is 0.568. The van der Waals surface area contributed by atoms with Crippen molar-refractivity contribution in [2.45, 2.75) is 52.6 Å². The summed E-state index contributed by atoms with van der Waals surface area (Å²) >= 11 is 0. The number of amides is 1. The number of pyridine rings is 1. The van der Waals surface area contributed by atoms with Crippen LogP contribution in [0.4, 0.5) is 8.78 Å². The minimum Gasteiger partial charge on any atom is -0.481 e. The van der Waals surface area contributed by atoms with Gasteiger partial charge in [0.2, 0.25) is 5.91 Å². The van der Waals surface area contributed by atoms with Gasteiger partial charge in [-0.15, -0.1) is 0 Å². The van der Waals surface area contributed by atoms with Crippen molar-refractivity contribution < 1.29 is 23.5 Å². The minimum absolute atomic E-state index is 0.0282. The van der Waals surface area contributed by atoms with E-state index in [1.165, 1.54) is 12.1 Å². The number of carbonyl (C=O) groups is 2. The molecule has 1 N–H and O–H groups in total. The number of hydrogen-bond donors (Lipinski definition) is 1. The predicted octanol–water partition coefficient (Wildman–Crippen LogP) is 4.53. The van der Waals surface area contributed by atoms with Gasteiger partial charge < -0.3 is 14.6 Å². The molecule has 3 aromatic rings. The third kappa shape index (κ3) is 4.60. The molecule has 174 valence electrons. The summed E-state index contributed by atoms with van der Waals surface area (Å²) in [7, 11) is 0. The van der Waals surface area contributed by atoms with Crippen molar-refractivity contribution in [1.82, 2.24) is 14.5 Å². The largest absolute Gasteiger partial charge is 0.481 e. The van der Waals surface area contributed by atoms with Gasteiger partial charge in [-0.2, -0.15) is 0 Å². The van der Waals surface area contributed by atoms with Crippen molar-refractivity contribution in [1.29, 1.82) is 0 Å². The van der Waals surface area contributed by atoms with E-state index < -0.39 is 23.0 Å². The normalized spacial score (nSPS) is 13.9.